The first-order valence-electron chi connectivity index (χ1n) is 5.23. The lowest BCUT2D eigenvalue weighted by Crippen LogP contribution is -1.82. The van der Waals surface area contributed by atoms with E-state index in [0.717, 1.165) is 5.56 Å². The average Bonchev–Trinajstić information content (AvgIpc) is 2.34. The number of aromatic nitrogens is 2. The molecule has 0 fully saturated rings. The first-order valence-corrected chi connectivity index (χ1v) is 5.23. The molecule has 0 spiro atoms. The molecular formula is C12H22N2. The van der Waals surface area contributed by atoms with Crippen LogP contribution in [0.4, 0.5) is 0 Å². The highest BCUT2D eigenvalue weighted by Gasteiger charge is 1.90. The molecule has 0 saturated heterocycles. The second kappa shape index (κ2) is 11.8. The maximum atomic E-state index is 3.90. The quantitative estimate of drug-likeness (QED) is 0.676. The Kier molecular flexibility index (Phi) is 12.9. The van der Waals surface area contributed by atoms with Crippen molar-refractivity contribution in [2.75, 3.05) is 0 Å². The predicted octanol–water partition coefficient (Wildman–Crippen LogP) is 3.95. The molecule has 0 aliphatic rings. The molecule has 0 radical (unpaired) electrons. The lowest BCUT2D eigenvalue weighted by Gasteiger charge is -1.95. The zero-order valence-electron chi connectivity index (χ0n) is 10.2. The molecule has 0 N–H and O–H groups in total. The maximum Gasteiger partial charge on any atom is 0.115 e. The second-order valence-corrected chi connectivity index (χ2v) is 2.10. The first-order chi connectivity index (χ1) is 6.84. The molecule has 0 atom stereocenters. The van der Waals surface area contributed by atoms with Crippen LogP contribution in [0, 0.1) is 0 Å². The van der Waals surface area contributed by atoms with Crippen molar-refractivity contribution in [1.82, 2.24) is 9.97 Å². The van der Waals surface area contributed by atoms with E-state index in [9.17, 15) is 0 Å². The third-order valence-electron chi connectivity index (χ3n) is 1.45. The van der Waals surface area contributed by atoms with Crippen LogP contribution in [0.15, 0.2) is 24.8 Å². The molecule has 1 aromatic heterocycles. The van der Waals surface area contributed by atoms with Gasteiger partial charge >= 0.3 is 0 Å². The third kappa shape index (κ3) is 6.35. The van der Waals surface area contributed by atoms with Crippen LogP contribution in [0.2, 0.25) is 0 Å². The number of allylic oxidation sites excluding steroid dienone is 2. The Labute approximate surface area is 88.1 Å². The van der Waals surface area contributed by atoms with Crippen LogP contribution in [0.3, 0.4) is 0 Å². The van der Waals surface area contributed by atoms with Crippen molar-refractivity contribution < 1.29 is 0 Å². The van der Waals surface area contributed by atoms with Crippen LogP contribution in [-0.2, 0) is 0 Å². The fourth-order valence-electron chi connectivity index (χ4n) is 0.669. The highest BCUT2D eigenvalue weighted by atomic mass is 14.8. The van der Waals surface area contributed by atoms with Crippen molar-refractivity contribution in [2.24, 2.45) is 0 Å². The van der Waals surface area contributed by atoms with Gasteiger partial charge in [-0.25, -0.2) is 9.97 Å². The molecule has 1 aromatic rings. The SMILES string of the molecule is C/C=C(\C)c1cncnc1.CC.CC. The lowest BCUT2D eigenvalue weighted by atomic mass is 10.1. The van der Waals surface area contributed by atoms with Crippen LogP contribution >= 0.6 is 0 Å². The largest absolute Gasteiger partial charge is 0.244 e. The third-order valence-corrected chi connectivity index (χ3v) is 1.45. The van der Waals surface area contributed by atoms with E-state index >= 15 is 0 Å². The topological polar surface area (TPSA) is 25.8 Å². The van der Waals surface area contributed by atoms with Crippen molar-refractivity contribution in [3.8, 4) is 0 Å². The summed E-state index contributed by atoms with van der Waals surface area (Å²) in [4.78, 5) is 7.80. The van der Waals surface area contributed by atoms with E-state index in [-0.39, 0.29) is 0 Å². The Morgan fingerprint density at radius 1 is 1.07 bits per heavy atom. The van der Waals surface area contributed by atoms with Gasteiger partial charge in [0.2, 0.25) is 0 Å². The summed E-state index contributed by atoms with van der Waals surface area (Å²) in [6.45, 7) is 12.0. The Bertz CT molecular complexity index is 227. The minimum Gasteiger partial charge on any atom is -0.244 e. The van der Waals surface area contributed by atoms with Crippen molar-refractivity contribution in [3.05, 3.63) is 30.4 Å². The summed E-state index contributed by atoms with van der Waals surface area (Å²) in [5.41, 5.74) is 2.30. The summed E-state index contributed by atoms with van der Waals surface area (Å²) >= 11 is 0. The van der Waals surface area contributed by atoms with E-state index in [1.165, 1.54) is 11.9 Å². The molecule has 1 heterocycles. The Balaban J connectivity index is 0. The van der Waals surface area contributed by atoms with Crippen molar-refractivity contribution in [3.63, 3.8) is 0 Å². The summed E-state index contributed by atoms with van der Waals surface area (Å²) in [6.07, 6.45) is 7.19. The minimum atomic E-state index is 1.09. The maximum absolute atomic E-state index is 3.90. The highest BCUT2D eigenvalue weighted by molar-refractivity contribution is 5.61. The van der Waals surface area contributed by atoms with Gasteiger partial charge in [-0.1, -0.05) is 33.8 Å². The van der Waals surface area contributed by atoms with E-state index in [2.05, 4.69) is 9.97 Å². The van der Waals surface area contributed by atoms with Crippen molar-refractivity contribution in [1.29, 1.82) is 0 Å². The van der Waals surface area contributed by atoms with Crippen LogP contribution < -0.4 is 0 Å². The number of rotatable bonds is 1. The zero-order chi connectivity index (χ0) is 11.4. The summed E-state index contributed by atoms with van der Waals surface area (Å²) in [5, 5.41) is 0. The molecule has 2 heteroatoms. The smallest absolute Gasteiger partial charge is 0.115 e. The van der Waals surface area contributed by atoms with Crippen LogP contribution in [-0.4, -0.2) is 9.97 Å². The number of hydrogen-bond donors (Lipinski definition) is 0. The van der Waals surface area contributed by atoms with Gasteiger partial charge in [0.1, 0.15) is 6.33 Å². The molecule has 1 rings (SSSR count). The molecule has 0 aromatic carbocycles. The van der Waals surface area contributed by atoms with Crippen LogP contribution in [0.1, 0.15) is 47.1 Å². The van der Waals surface area contributed by atoms with Crippen LogP contribution in [0.25, 0.3) is 5.57 Å². The van der Waals surface area contributed by atoms with Gasteiger partial charge in [-0.15, -0.1) is 0 Å². The van der Waals surface area contributed by atoms with Gasteiger partial charge in [0.15, 0.2) is 0 Å². The minimum absolute atomic E-state index is 1.09. The number of nitrogens with zero attached hydrogens (tertiary/aromatic N) is 2. The van der Waals surface area contributed by atoms with E-state index < -0.39 is 0 Å². The Hall–Kier alpha value is -1.18. The van der Waals surface area contributed by atoms with Gasteiger partial charge in [0.05, 0.1) is 0 Å². The Morgan fingerprint density at radius 3 is 1.86 bits per heavy atom. The van der Waals surface area contributed by atoms with E-state index in [1.54, 1.807) is 0 Å². The molecule has 0 aliphatic carbocycles. The second-order valence-electron chi connectivity index (χ2n) is 2.10. The van der Waals surface area contributed by atoms with Gasteiger partial charge in [0, 0.05) is 18.0 Å². The predicted molar refractivity (Wildman–Crippen MR) is 64.1 cm³/mol. The summed E-state index contributed by atoms with van der Waals surface area (Å²) in [6, 6.07) is 0. The van der Waals surface area contributed by atoms with E-state index in [1.807, 2.05) is 60.0 Å². The summed E-state index contributed by atoms with van der Waals surface area (Å²) in [7, 11) is 0. The van der Waals surface area contributed by atoms with Gasteiger partial charge in [-0.05, 0) is 19.4 Å². The molecule has 0 unspecified atom stereocenters. The monoisotopic (exact) mass is 194 g/mol. The van der Waals surface area contributed by atoms with Gasteiger partial charge < -0.3 is 0 Å². The fourth-order valence-corrected chi connectivity index (χ4v) is 0.669. The Morgan fingerprint density at radius 2 is 1.50 bits per heavy atom. The normalized spacial score (nSPS) is 9.14. The van der Waals surface area contributed by atoms with Crippen molar-refractivity contribution >= 4 is 5.57 Å². The average molecular weight is 194 g/mol. The molecule has 0 aliphatic heterocycles. The van der Waals surface area contributed by atoms with Crippen LogP contribution in [0.5, 0.6) is 0 Å². The summed E-state index contributed by atoms with van der Waals surface area (Å²) < 4.78 is 0. The highest BCUT2D eigenvalue weighted by Crippen LogP contribution is 2.08. The van der Waals surface area contributed by atoms with Crippen molar-refractivity contribution in [2.45, 2.75) is 41.5 Å². The molecule has 2 nitrogen and oxygen atoms in total. The fraction of sp³-hybridized carbons (Fsp3) is 0.500. The lowest BCUT2D eigenvalue weighted by molar-refractivity contribution is 1.15. The standard InChI is InChI=1S/C8H10N2.2C2H6/c1-3-7(2)8-4-9-6-10-5-8;2*1-2/h3-6H,1-2H3;2*1-2H3/b7-3+;;. The molecule has 0 bridgehead atoms. The first kappa shape index (κ1) is 15.3. The van der Waals surface area contributed by atoms with Gasteiger partial charge in [-0.3, -0.25) is 0 Å². The summed E-state index contributed by atoms with van der Waals surface area (Å²) in [5.74, 6) is 0. The number of hydrogen-bond acceptors (Lipinski definition) is 2. The van der Waals surface area contributed by atoms with Gasteiger partial charge in [-0.2, -0.15) is 0 Å². The molecule has 0 amide bonds. The zero-order valence-corrected chi connectivity index (χ0v) is 10.2. The molecule has 80 valence electrons. The van der Waals surface area contributed by atoms with E-state index in [4.69, 9.17) is 0 Å². The molecular weight excluding hydrogens is 172 g/mol. The van der Waals surface area contributed by atoms with E-state index in [0.29, 0.717) is 0 Å². The molecule has 0 saturated carbocycles. The molecule has 14 heavy (non-hydrogen) atoms. The van der Waals surface area contributed by atoms with Gasteiger partial charge in [0.25, 0.3) is 0 Å².